The van der Waals surface area contributed by atoms with E-state index in [4.69, 9.17) is 10.5 Å². The van der Waals surface area contributed by atoms with Gasteiger partial charge in [0, 0.05) is 0 Å². The van der Waals surface area contributed by atoms with E-state index in [0.29, 0.717) is 0 Å². The minimum Gasteiger partial charge on any atom is -1.00 e. The van der Waals surface area contributed by atoms with Gasteiger partial charge in [-0.2, -0.15) is 0 Å². The van der Waals surface area contributed by atoms with Crippen molar-refractivity contribution in [3.8, 4) is 0 Å². The molecular weight excluding hydrogens is 117 g/mol. The quantitative estimate of drug-likeness (QED) is 0.190. The van der Waals surface area contributed by atoms with E-state index in [1.807, 2.05) is 0 Å². The van der Waals surface area contributed by atoms with Crippen LogP contribution in [0.25, 0.3) is 0 Å². The van der Waals surface area contributed by atoms with E-state index in [1.165, 1.54) is 0 Å². The Morgan fingerprint density at radius 3 is 1.00 bits per heavy atom. The van der Waals surface area contributed by atoms with Crippen molar-refractivity contribution in [2.75, 3.05) is 0 Å². The number of hydrogen-bond acceptors (Lipinski definition) is 2. The normalized spacial score (nSPS) is 1.20. The van der Waals surface area contributed by atoms with Crippen molar-refractivity contribution >= 4 is 0 Å². The minimum absolute atomic E-state index is 0. The van der Waals surface area contributed by atoms with Gasteiger partial charge in [-0.3, -0.25) is 10.5 Å². The molecule has 0 fully saturated rings. The van der Waals surface area contributed by atoms with Crippen LogP contribution in [0.1, 0.15) is 4.28 Å². The van der Waals surface area contributed by atoms with Gasteiger partial charge in [0.2, 0.25) is 0 Å². The molecule has 2 N–H and O–H groups in total. The average Bonchev–Trinajstić information content (AvgIpc) is 1.00. The first kappa shape index (κ1) is 23.5. The van der Waals surface area contributed by atoms with Crippen LogP contribution in [0.2, 0.25) is 0 Å². The van der Waals surface area contributed by atoms with Gasteiger partial charge in [0.15, 0.2) is 0 Å². The van der Waals surface area contributed by atoms with Crippen molar-refractivity contribution in [3.05, 3.63) is 0 Å². The zero-order valence-corrected chi connectivity index (χ0v) is 11.0. The van der Waals surface area contributed by atoms with Crippen LogP contribution >= 0.6 is 0 Å². The second-order valence-corrected chi connectivity index (χ2v) is 0. The topological polar surface area (TPSA) is 40.5 Å². The first-order valence-electron chi connectivity index (χ1n) is 0.200. The van der Waals surface area contributed by atoms with Crippen LogP contribution in [0, 0.1) is 0 Å². The summed E-state index contributed by atoms with van der Waals surface area (Å²) in [5, 5.41) is 12.0. The van der Waals surface area contributed by atoms with Gasteiger partial charge in [-0.1, -0.05) is 0 Å². The van der Waals surface area contributed by atoms with Crippen LogP contribution in [0.3, 0.4) is 0 Å². The molecule has 5 heavy (non-hydrogen) atoms. The van der Waals surface area contributed by atoms with Gasteiger partial charge < -0.3 is 4.28 Å². The number of hydrogen-bond donors (Lipinski definition) is 2. The Kier molecular flexibility index (Phi) is 121. The van der Waals surface area contributed by atoms with Crippen molar-refractivity contribution in [3.63, 3.8) is 0 Å². The minimum atomic E-state index is 0. The van der Waals surface area contributed by atoms with E-state index in [2.05, 4.69) is 0 Å². The Morgan fingerprint density at radius 1 is 1.00 bits per heavy atom. The molecule has 0 aliphatic carbocycles. The molecule has 0 amide bonds. The van der Waals surface area contributed by atoms with Gasteiger partial charge in [0.05, 0.1) is 0 Å². The van der Waals surface area contributed by atoms with E-state index < -0.39 is 0 Å². The molecule has 0 saturated carbocycles. The standard InChI is InChI=1S/K.2Na.H2O2.3H/c;;;1-2;;;/h;;;1-2H;;;/q3*+1;;3*-1. The molecule has 0 aromatic rings. The summed E-state index contributed by atoms with van der Waals surface area (Å²) in [5.41, 5.74) is 0. The molecule has 20 valence electrons. The summed E-state index contributed by atoms with van der Waals surface area (Å²) in [7, 11) is 0. The Labute approximate surface area is 122 Å². The fraction of sp³-hybridized carbons (Fsp3) is 0. The van der Waals surface area contributed by atoms with E-state index in [1.54, 1.807) is 0 Å². The van der Waals surface area contributed by atoms with E-state index in [-0.39, 0.29) is 115 Å². The molecule has 0 bridgehead atoms. The summed E-state index contributed by atoms with van der Waals surface area (Å²) in [5.74, 6) is 0. The van der Waals surface area contributed by atoms with Crippen molar-refractivity contribution < 1.29 is 125 Å². The van der Waals surface area contributed by atoms with Gasteiger partial charge in [-0.05, 0) is 0 Å². The van der Waals surface area contributed by atoms with E-state index >= 15 is 0 Å². The van der Waals surface area contributed by atoms with Crippen LogP contribution in [-0.2, 0) is 0 Å². The molecular formula is H5KNa2O2. The molecule has 0 spiro atoms. The molecule has 0 aromatic heterocycles. The van der Waals surface area contributed by atoms with Gasteiger partial charge in [0.25, 0.3) is 0 Å². The van der Waals surface area contributed by atoms with Gasteiger partial charge in [-0.15, -0.1) is 0 Å². The molecule has 0 atom stereocenters. The van der Waals surface area contributed by atoms with Gasteiger partial charge in [-0.25, -0.2) is 0 Å². The van der Waals surface area contributed by atoms with Crippen molar-refractivity contribution in [2.24, 2.45) is 0 Å². The molecule has 0 saturated heterocycles. The van der Waals surface area contributed by atoms with Crippen LogP contribution in [0.5, 0.6) is 0 Å². The zero-order chi connectivity index (χ0) is 2.00. The third kappa shape index (κ3) is 18.4. The monoisotopic (exact) mass is 122 g/mol. The summed E-state index contributed by atoms with van der Waals surface area (Å²) in [6.45, 7) is 0. The molecule has 0 aliphatic heterocycles. The van der Waals surface area contributed by atoms with Crippen LogP contribution in [0.4, 0.5) is 0 Å². The molecule has 2 nitrogen and oxygen atoms in total. The largest absolute Gasteiger partial charge is 1.00 e. The summed E-state index contributed by atoms with van der Waals surface area (Å²) in [6.07, 6.45) is 0. The molecule has 5 heteroatoms. The maximum absolute atomic E-state index is 6.00. The average molecular weight is 122 g/mol. The summed E-state index contributed by atoms with van der Waals surface area (Å²) < 4.78 is 0. The van der Waals surface area contributed by atoms with Gasteiger partial charge >= 0.3 is 110 Å². The maximum atomic E-state index is 6.00. The predicted molar refractivity (Wildman–Crippen MR) is 8.59 cm³/mol. The maximum Gasteiger partial charge on any atom is 1.00 e. The fourth-order valence-electron chi connectivity index (χ4n) is 0. The smallest absolute Gasteiger partial charge is 1.00 e. The van der Waals surface area contributed by atoms with Crippen LogP contribution < -0.4 is 110 Å². The molecule has 0 aliphatic rings. The Hall–Kier alpha value is 3.56. The Balaban J connectivity index is -0.000000000333. The summed E-state index contributed by atoms with van der Waals surface area (Å²) >= 11 is 0. The first-order chi connectivity index (χ1) is 1.00. The second-order valence-electron chi connectivity index (χ2n) is 0. The predicted octanol–water partition coefficient (Wildman–Crippen LogP) is -8.63. The fourth-order valence-corrected chi connectivity index (χ4v) is 0. The molecule has 0 unspecified atom stereocenters. The van der Waals surface area contributed by atoms with Crippen molar-refractivity contribution in [1.82, 2.24) is 0 Å². The summed E-state index contributed by atoms with van der Waals surface area (Å²) in [6, 6.07) is 0. The van der Waals surface area contributed by atoms with Crippen molar-refractivity contribution in [1.29, 1.82) is 0 Å². The molecule has 0 heterocycles. The molecule has 0 rings (SSSR count). The van der Waals surface area contributed by atoms with Crippen LogP contribution in [-0.4, -0.2) is 10.5 Å². The summed E-state index contributed by atoms with van der Waals surface area (Å²) in [4.78, 5) is 0. The first-order valence-corrected chi connectivity index (χ1v) is 0.200. The van der Waals surface area contributed by atoms with Gasteiger partial charge in [0.1, 0.15) is 0 Å². The SMILES string of the molecule is OO.[H-].[H-].[H-].[K+].[Na+].[Na+]. The third-order valence-electron chi connectivity index (χ3n) is 0. The zero-order valence-electron chi connectivity index (χ0n) is 6.89. The van der Waals surface area contributed by atoms with E-state index in [9.17, 15) is 0 Å². The third-order valence-corrected chi connectivity index (χ3v) is 0. The molecule has 0 radical (unpaired) electrons. The molecule has 0 aromatic carbocycles. The Morgan fingerprint density at radius 2 is 1.00 bits per heavy atom. The Bertz CT molecular complexity index is 15.2. The second kappa shape index (κ2) is 25.7. The number of rotatable bonds is 0. The van der Waals surface area contributed by atoms with Crippen LogP contribution in [0.15, 0.2) is 0 Å². The van der Waals surface area contributed by atoms with Crippen molar-refractivity contribution in [2.45, 2.75) is 0 Å². The van der Waals surface area contributed by atoms with E-state index in [0.717, 1.165) is 0 Å².